The molecule has 0 atom stereocenters. The lowest BCUT2D eigenvalue weighted by Crippen LogP contribution is -2.15. The van der Waals surface area contributed by atoms with Crippen molar-refractivity contribution in [1.82, 2.24) is 14.8 Å². The first-order chi connectivity index (χ1) is 15.5. The van der Waals surface area contributed by atoms with E-state index in [1.54, 1.807) is 19.2 Å². The van der Waals surface area contributed by atoms with E-state index in [4.69, 9.17) is 16.3 Å². The molecule has 3 aromatic carbocycles. The van der Waals surface area contributed by atoms with Gasteiger partial charge in [0.25, 0.3) is 0 Å². The number of hydrogen-bond donors (Lipinski definition) is 1. The van der Waals surface area contributed by atoms with Crippen molar-refractivity contribution in [1.29, 1.82) is 0 Å². The summed E-state index contributed by atoms with van der Waals surface area (Å²) in [6, 6.07) is 22.8. The van der Waals surface area contributed by atoms with Gasteiger partial charge in [0.05, 0.1) is 12.9 Å². The fourth-order valence-electron chi connectivity index (χ4n) is 3.21. The van der Waals surface area contributed by atoms with Crippen LogP contribution in [0.25, 0.3) is 17.1 Å². The van der Waals surface area contributed by atoms with Crippen LogP contribution in [0.4, 0.5) is 5.69 Å². The Balaban J connectivity index is 1.60. The Morgan fingerprint density at radius 3 is 2.62 bits per heavy atom. The number of hydrogen-bond acceptors (Lipinski definition) is 5. The minimum absolute atomic E-state index is 0.133. The van der Waals surface area contributed by atoms with Crippen molar-refractivity contribution >= 4 is 35.0 Å². The molecule has 4 aromatic rings. The van der Waals surface area contributed by atoms with Crippen LogP contribution >= 0.6 is 23.4 Å². The molecule has 0 spiro atoms. The molecule has 0 unspecified atom stereocenters. The third-order valence-electron chi connectivity index (χ3n) is 4.77. The smallest absolute Gasteiger partial charge is 0.234 e. The number of aryl methyl sites for hydroxylation is 1. The van der Waals surface area contributed by atoms with Gasteiger partial charge < -0.3 is 10.1 Å². The van der Waals surface area contributed by atoms with E-state index in [0.29, 0.717) is 16.0 Å². The summed E-state index contributed by atoms with van der Waals surface area (Å²) in [7, 11) is 1.63. The Hall–Kier alpha value is -3.29. The van der Waals surface area contributed by atoms with Crippen LogP contribution in [0.2, 0.25) is 5.02 Å². The summed E-state index contributed by atoms with van der Waals surface area (Å²) < 4.78 is 7.30. The van der Waals surface area contributed by atoms with Gasteiger partial charge in [-0.25, -0.2) is 0 Å². The lowest BCUT2D eigenvalue weighted by molar-refractivity contribution is -0.113. The average molecular weight is 465 g/mol. The Morgan fingerprint density at radius 1 is 1.06 bits per heavy atom. The zero-order chi connectivity index (χ0) is 22.5. The van der Waals surface area contributed by atoms with Crippen LogP contribution in [0.1, 0.15) is 5.56 Å². The first-order valence-corrected chi connectivity index (χ1v) is 11.3. The zero-order valence-corrected chi connectivity index (χ0v) is 19.2. The summed E-state index contributed by atoms with van der Waals surface area (Å²) >= 11 is 7.32. The monoisotopic (exact) mass is 464 g/mol. The van der Waals surface area contributed by atoms with Gasteiger partial charge in [-0.05, 0) is 55.0 Å². The fourth-order valence-corrected chi connectivity index (χ4v) is 4.18. The van der Waals surface area contributed by atoms with Crippen LogP contribution in [0.3, 0.4) is 0 Å². The van der Waals surface area contributed by atoms with Crippen LogP contribution < -0.4 is 10.1 Å². The number of aromatic nitrogens is 3. The molecule has 1 N–H and O–H groups in total. The van der Waals surface area contributed by atoms with Gasteiger partial charge in [-0.1, -0.05) is 53.7 Å². The SMILES string of the molecule is COc1cccc(-c2nnc(SCC(=O)Nc3ccc(Cl)cc3C)n2-c2ccccc2)c1. The van der Waals surface area contributed by atoms with Crippen molar-refractivity contribution in [2.24, 2.45) is 0 Å². The van der Waals surface area contributed by atoms with Crippen LogP contribution in [0, 0.1) is 6.92 Å². The minimum Gasteiger partial charge on any atom is -0.497 e. The highest BCUT2D eigenvalue weighted by atomic mass is 35.5. The number of para-hydroxylation sites is 1. The highest BCUT2D eigenvalue weighted by molar-refractivity contribution is 7.99. The molecule has 32 heavy (non-hydrogen) atoms. The molecule has 0 aliphatic carbocycles. The van der Waals surface area contributed by atoms with Gasteiger partial charge in [-0.15, -0.1) is 10.2 Å². The van der Waals surface area contributed by atoms with Crippen LogP contribution in [0.5, 0.6) is 5.75 Å². The molecule has 0 aliphatic rings. The number of benzene rings is 3. The third kappa shape index (κ3) is 4.95. The number of nitrogens with zero attached hydrogens (tertiary/aromatic N) is 3. The topological polar surface area (TPSA) is 69.0 Å². The molecular weight excluding hydrogens is 444 g/mol. The third-order valence-corrected chi connectivity index (χ3v) is 5.93. The summed E-state index contributed by atoms with van der Waals surface area (Å²) in [6.45, 7) is 1.90. The normalized spacial score (nSPS) is 10.7. The molecular formula is C24H21ClN4O2S. The van der Waals surface area contributed by atoms with E-state index >= 15 is 0 Å². The second-order valence-corrected chi connectivity index (χ2v) is 8.38. The number of anilines is 1. The molecule has 162 valence electrons. The van der Waals surface area contributed by atoms with Crippen LogP contribution in [-0.4, -0.2) is 33.5 Å². The number of amides is 1. The Kier molecular flexibility index (Phi) is 6.78. The fraction of sp³-hybridized carbons (Fsp3) is 0.125. The second-order valence-electron chi connectivity index (χ2n) is 7.01. The minimum atomic E-state index is -0.133. The molecule has 0 bridgehead atoms. The number of carbonyl (C=O) groups excluding carboxylic acids is 1. The van der Waals surface area contributed by atoms with E-state index in [1.165, 1.54) is 11.8 Å². The van der Waals surface area contributed by atoms with Crippen molar-refractivity contribution in [2.45, 2.75) is 12.1 Å². The number of halogens is 1. The molecule has 8 heteroatoms. The Morgan fingerprint density at radius 2 is 1.88 bits per heavy atom. The van der Waals surface area contributed by atoms with Gasteiger partial charge in [0.2, 0.25) is 5.91 Å². The maximum Gasteiger partial charge on any atom is 0.234 e. The van der Waals surface area contributed by atoms with E-state index < -0.39 is 0 Å². The Bertz CT molecular complexity index is 1240. The summed E-state index contributed by atoms with van der Waals surface area (Å²) in [5.74, 6) is 1.46. The quantitative estimate of drug-likeness (QED) is 0.359. The van der Waals surface area contributed by atoms with E-state index in [9.17, 15) is 4.79 Å². The molecule has 0 aliphatic heterocycles. The van der Waals surface area contributed by atoms with Gasteiger partial charge >= 0.3 is 0 Å². The molecule has 0 saturated carbocycles. The molecule has 0 radical (unpaired) electrons. The first-order valence-electron chi connectivity index (χ1n) is 9.89. The first kappa shape index (κ1) is 21.9. The summed E-state index contributed by atoms with van der Waals surface area (Å²) in [6.07, 6.45) is 0. The van der Waals surface area contributed by atoms with Crippen molar-refractivity contribution in [3.05, 3.63) is 83.4 Å². The van der Waals surface area contributed by atoms with Gasteiger partial charge in [0, 0.05) is 22.0 Å². The van der Waals surface area contributed by atoms with Gasteiger partial charge in [0.1, 0.15) is 5.75 Å². The lowest BCUT2D eigenvalue weighted by Gasteiger charge is -2.11. The maximum absolute atomic E-state index is 12.6. The maximum atomic E-state index is 12.6. The van der Waals surface area contributed by atoms with Gasteiger partial charge in [-0.3, -0.25) is 9.36 Å². The van der Waals surface area contributed by atoms with E-state index in [-0.39, 0.29) is 11.7 Å². The van der Waals surface area contributed by atoms with Crippen molar-refractivity contribution < 1.29 is 9.53 Å². The number of ether oxygens (including phenoxy) is 1. The number of carbonyl (C=O) groups is 1. The van der Waals surface area contributed by atoms with Crippen molar-refractivity contribution in [2.75, 3.05) is 18.2 Å². The lowest BCUT2D eigenvalue weighted by atomic mass is 10.2. The van der Waals surface area contributed by atoms with Crippen molar-refractivity contribution in [3.63, 3.8) is 0 Å². The number of thioether (sulfide) groups is 1. The summed E-state index contributed by atoms with van der Waals surface area (Å²) in [4.78, 5) is 12.6. The zero-order valence-electron chi connectivity index (χ0n) is 17.6. The predicted molar refractivity (Wildman–Crippen MR) is 129 cm³/mol. The molecule has 1 amide bonds. The van der Waals surface area contributed by atoms with E-state index in [0.717, 1.165) is 28.3 Å². The Labute approximate surface area is 195 Å². The molecule has 4 rings (SSSR count). The van der Waals surface area contributed by atoms with Crippen LogP contribution in [0.15, 0.2) is 78.0 Å². The van der Waals surface area contributed by atoms with Crippen molar-refractivity contribution in [3.8, 4) is 22.8 Å². The van der Waals surface area contributed by atoms with Crippen LogP contribution in [-0.2, 0) is 4.79 Å². The molecule has 6 nitrogen and oxygen atoms in total. The van der Waals surface area contributed by atoms with Gasteiger partial charge in [0.15, 0.2) is 11.0 Å². The number of nitrogens with one attached hydrogen (secondary N) is 1. The largest absolute Gasteiger partial charge is 0.497 e. The van der Waals surface area contributed by atoms with Gasteiger partial charge in [-0.2, -0.15) is 0 Å². The highest BCUT2D eigenvalue weighted by Crippen LogP contribution is 2.30. The average Bonchev–Trinajstić information content (AvgIpc) is 3.24. The van der Waals surface area contributed by atoms with E-state index in [2.05, 4.69) is 15.5 Å². The summed E-state index contributed by atoms with van der Waals surface area (Å²) in [5.41, 5.74) is 3.42. The predicted octanol–water partition coefficient (Wildman–Crippen LogP) is 5.64. The molecule has 0 fully saturated rings. The second kappa shape index (κ2) is 9.89. The molecule has 0 saturated heterocycles. The molecule has 1 aromatic heterocycles. The molecule has 1 heterocycles. The number of methoxy groups -OCH3 is 1. The number of rotatable bonds is 7. The highest BCUT2D eigenvalue weighted by Gasteiger charge is 2.18. The summed E-state index contributed by atoms with van der Waals surface area (Å²) in [5, 5.41) is 13.0. The van der Waals surface area contributed by atoms with E-state index in [1.807, 2.05) is 72.2 Å². The standard InChI is InChI=1S/C24H21ClN4O2S/c1-16-13-18(25)11-12-21(16)26-22(30)15-32-24-28-27-23(17-7-6-10-20(14-17)31-2)29(24)19-8-4-3-5-9-19/h3-14H,15H2,1-2H3,(H,26,30).